The van der Waals surface area contributed by atoms with Gasteiger partial charge in [-0.25, -0.2) is 0 Å². The molecule has 0 amide bonds. The summed E-state index contributed by atoms with van der Waals surface area (Å²) in [6.45, 7) is 9.13. The number of carbonyl (C=O) groups excluding carboxylic acids is 1. The average Bonchev–Trinajstić information content (AvgIpc) is 2.00. The highest BCUT2D eigenvalue weighted by Crippen LogP contribution is 2.21. The van der Waals surface area contributed by atoms with Gasteiger partial charge < -0.3 is 9.84 Å². The van der Waals surface area contributed by atoms with Crippen LogP contribution in [0.25, 0.3) is 0 Å². The molecule has 0 bridgehead atoms. The number of allylic oxidation sites excluding steroid dienone is 2. The van der Waals surface area contributed by atoms with Crippen LogP contribution >= 0.6 is 0 Å². The van der Waals surface area contributed by atoms with E-state index in [9.17, 15) is 9.90 Å². The second-order valence-electron chi connectivity index (χ2n) is 4.67. The van der Waals surface area contributed by atoms with E-state index in [1.807, 2.05) is 19.9 Å². The van der Waals surface area contributed by atoms with Gasteiger partial charge in [-0.15, -0.1) is 0 Å². The van der Waals surface area contributed by atoms with Crippen LogP contribution in [0.15, 0.2) is 11.6 Å². The number of carbonyl (C=O) groups is 1. The fourth-order valence-corrected chi connectivity index (χ4v) is 1.16. The molecule has 0 aliphatic rings. The summed E-state index contributed by atoms with van der Waals surface area (Å²) >= 11 is 0. The van der Waals surface area contributed by atoms with E-state index in [-0.39, 0.29) is 18.5 Å². The van der Waals surface area contributed by atoms with E-state index in [4.69, 9.17) is 4.74 Å². The highest BCUT2D eigenvalue weighted by molar-refractivity contribution is 5.65. The smallest absolute Gasteiger partial charge is 0.302 e. The van der Waals surface area contributed by atoms with Crippen molar-refractivity contribution in [1.29, 1.82) is 0 Å². The summed E-state index contributed by atoms with van der Waals surface area (Å²) in [5.41, 5.74) is 0.369. The van der Waals surface area contributed by atoms with Gasteiger partial charge in [0.2, 0.25) is 0 Å². The number of aliphatic hydroxyl groups is 1. The van der Waals surface area contributed by atoms with Crippen LogP contribution in [0, 0.1) is 5.92 Å². The number of hydrogen-bond donors (Lipinski definition) is 1. The minimum atomic E-state index is -0.832. The van der Waals surface area contributed by atoms with Crippen LogP contribution in [0.5, 0.6) is 0 Å². The first-order valence-electron chi connectivity index (χ1n) is 5.22. The van der Waals surface area contributed by atoms with Gasteiger partial charge in [0.15, 0.2) is 0 Å². The molecule has 0 heterocycles. The Bertz CT molecular complexity index is 232. The maximum absolute atomic E-state index is 10.7. The molecule has 0 fully saturated rings. The third-order valence-electron chi connectivity index (χ3n) is 2.30. The molecule has 88 valence electrons. The molecular formula is C12H22O3. The summed E-state index contributed by atoms with van der Waals surface area (Å²) in [6, 6.07) is 0. The number of rotatable bonds is 5. The van der Waals surface area contributed by atoms with Gasteiger partial charge in [0.25, 0.3) is 0 Å². The van der Waals surface area contributed by atoms with Crippen molar-refractivity contribution < 1.29 is 14.6 Å². The van der Waals surface area contributed by atoms with Gasteiger partial charge in [0, 0.05) is 12.8 Å². The van der Waals surface area contributed by atoms with Crippen molar-refractivity contribution in [3.05, 3.63) is 11.6 Å². The third kappa shape index (κ3) is 7.14. The second kappa shape index (κ2) is 5.91. The van der Waals surface area contributed by atoms with Crippen LogP contribution in [0.1, 0.15) is 41.0 Å². The minimum absolute atomic E-state index is 0.0590. The summed E-state index contributed by atoms with van der Waals surface area (Å²) in [6.07, 6.45) is 2.77. The summed E-state index contributed by atoms with van der Waals surface area (Å²) in [7, 11) is 0. The summed E-state index contributed by atoms with van der Waals surface area (Å²) in [5.74, 6) is -0.363. The van der Waals surface area contributed by atoms with Gasteiger partial charge in [-0.05, 0) is 34.1 Å². The van der Waals surface area contributed by atoms with Crippen molar-refractivity contribution in [2.45, 2.75) is 46.6 Å². The molecule has 0 saturated carbocycles. The number of hydrogen-bond acceptors (Lipinski definition) is 3. The highest BCUT2D eigenvalue weighted by atomic mass is 16.5. The highest BCUT2D eigenvalue weighted by Gasteiger charge is 2.26. The second-order valence-corrected chi connectivity index (χ2v) is 4.67. The largest absolute Gasteiger partial charge is 0.465 e. The van der Waals surface area contributed by atoms with E-state index in [1.54, 1.807) is 13.8 Å². The van der Waals surface area contributed by atoms with Crippen LogP contribution < -0.4 is 0 Å². The molecule has 3 nitrogen and oxygen atoms in total. The predicted octanol–water partition coefficient (Wildman–Crippen LogP) is 2.29. The Morgan fingerprint density at radius 1 is 1.40 bits per heavy atom. The van der Waals surface area contributed by atoms with Crippen molar-refractivity contribution in [3.63, 3.8) is 0 Å². The van der Waals surface area contributed by atoms with Crippen molar-refractivity contribution in [1.82, 2.24) is 0 Å². The van der Waals surface area contributed by atoms with Crippen LogP contribution in [0.2, 0.25) is 0 Å². The molecule has 0 radical (unpaired) electrons. The van der Waals surface area contributed by atoms with Gasteiger partial charge in [-0.2, -0.15) is 0 Å². The molecule has 1 unspecified atom stereocenters. The monoisotopic (exact) mass is 214 g/mol. The van der Waals surface area contributed by atoms with E-state index in [0.717, 1.165) is 6.42 Å². The topological polar surface area (TPSA) is 46.5 Å². The Morgan fingerprint density at radius 2 is 1.93 bits per heavy atom. The zero-order chi connectivity index (χ0) is 12.1. The summed E-state index contributed by atoms with van der Waals surface area (Å²) < 4.78 is 4.93. The Hall–Kier alpha value is -0.830. The molecule has 0 aromatic rings. The van der Waals surface area contributed by atoms with Gasteiger partial charge in [0.1, 0.15) is 0 Å². The molecule has 3 heteroatoms. The average molecular weight is 214 g/mol. The molecule has 1 N–H and O–H groups in total. The molecule has 0 aromatic heterocycles. The minimum Gasteiger partial charge on any atom is -0.465 e. The van der Waals surface area contributed by atoms with Crippen LogP contribution in [0.4, 0.5) is 0 Å². The fourth-order valence-electron chi connectivity index (χ4n) is 1.16. The molecule has 1 atom stereocenters. The van der Waals surface area contributed by atoms with Crippen LogP contribution in [0.3, 0.4) is 0 Å². The summed E-state index contributed by atoms with van der Waals surface area (Å²) in [4.78, 5) is 10.7. The molecule has 15 heavy (non-hydrogen) atoms. The first-order chi connectivity index (χ1) is 6.73. The lowest BCUT2D eigenvalue weighted by Gasteiger charge is -2.28. The van der Waals surface area contributed by atoms with Gasteiger partial charge in [-0.3, -0.25) is 4.79 Å². The van der Waals surface area contributed by atoms with Crippen LogP contribution in [-0.2, 0) is 9.53 Å². The quantitative estimate of drug-likeness (QED) is 0.564. The Kier molecular flexibility index (Phi) is 5.58. The Morgan fingerprint density at radius 3 is 2.27 bits per heavy atom. The molecular weight excluding hydrogens is 192 g/mol. The molecule has 0 rings (SSSR count). The Balaban J connectivity index is 4.33. The zero-order valence-electron chi connectivity index (χ0n) is 10.3. The molecule has 0 saturated heterocycles. The maximum atomic E-state index is 10.7. The zero-order valence-corrected chi connectivity index (χ0v) is 10.3. The Labute approximate surface area is 92.1 Å². The van der Waals surface area contributed by atoms with E-state index in [1.165, 1.54) is 12.5 Å². The van der Waals surface area contributed by atoms with Gasteiger partial charge >= 0.3 is 5.97 Å². The number of esters is 1. The standard InChI is InChI=1S/C12H22O3/c1-9(2)6-7-11(12(4,5)14)8-15-10(3)13/h6,11,14H,7-8H2,1-5H3. The van der Waals surface area contributed by atoms with E-state index < -0.39 is 5.60 Å². The van der Waals surface area contributed by atoms with Crippen molar-refractivity contribution in [3.8, 4) is 0 Å². The van der Waals surface area contributed by atoms with Crippen LogP contribution in [-0.4, -0.2) is 23.3 Å². The molecule has 0 aromatic carbocycles. The fraction of sp³-hybridized carbons (Fsp3) is 0.750. The first-order valence-corrected chi connectivity index (χ1v) is 5.22. The van der Waals surface area contributed by atoms with Gasteiger partial charge in [0.05, 0.1) is 12.2 Å². The van der Waals surface area contributed by atoms with Crippen molar-refractivity contribution >= 4 is 5.97 Å². The van der Waals surface area contributed by atoms with Crippen molar-refractivity contribution in [2.24, 2.45) is 5.92 Å². The summed E-state index contributed by atoms with van der Waals surface area (Å²) in [5, 5.41) is 9.88. The van der Waals surface area contributed by atoms with Crippen molar-refractivity contribution in [2.75, 3.05) is 6.61 Å². The maximum Gasteiger partial charge on any atom is 0.302 e. The normalized spacial score (nSPS) is 13.2. The van der Waals surface area contributed by atoms with Gasteiger partial charge in [-0.1, -0.05) is 11.6 Å². The predicted molar refractivity (Wildman–Crippen MR) is 60.5 cm³/mol. The lowest BCUT2D eigenvalue weighted by molar-refractivity contribution is -0.144. The lowest BCUT2D eigenvalue weighted by atomic mass is 9.88. The number of ether oxygens (including phenoxy) is 1. The third-order valence-corrected chi connectivity index (χ3v) is 2.30. The SMILES string of the molecule is CC(=O)OCC(CC=C(C)C)C(C)(C)O. The van der Waals surface area contributed by atoms with E-state index in [2.05, 4.69) is 0 Å². The molecule has 0 aliphatic heterocycles. The lowest BCUT2D eigenvalue weighted by Crippen LogP contribution is -2.34. The molecule has 0 aliphatic carbocycles. The first kappa shape index (κ1) is 14.2. The van der Waals surface area contributed by atoms with E-state index >= 15 is 0 Å². The molecule has 0 spiro atoms. The van der Waals surface area contributed by atoms with E-state index in [0.29, 0.717) is 0 Å².